The van der Waals surface area contributed by atoms with Gasteiger partial charge in [0.25, 0.3) is 0 Å². The number of rotatable bonds is 10. The molecule has 0 radical (unpaired) electrons. The zero-order valence-corrected chi connectivity index (χ0v) is 16.4. The number of hydrogen-bond donors (Lipinski definition) is 1. The van der Waals surface area contributed by atoms with E-state index in [-0.39, 0.29) is 5.91 Å². The van der Waals surface area contributed by atoms with Crippen molar-refractivity contribution in [3.8, 4) is 11.3 Å². The standard InChI is InChI=1S/C20H29N3OS/c1-4-7-8-9-10-19(24)21-17-13-11-16(12-14-17)18-15-25-20(22-18)23(5-2)6-3/h11-15H,4-10H2,1-3H3,(H,21,24). The molecule has 1 amide bonds. The second kappa shape index (κ2) is 10.2. The number of anilines is 2. The summed E-state index contributed by atoms with van der Waals surface area (Å²) in [6, 6.07) is 7.95. The molecule has 0 fully saturated rings. The maximum absolute atomic E-state index is 11.9. The summed E-state index contributed by atoms with van der Waals surface area (Å²) < 4.78 is 0. The van der Waals surface area contributed by atoms with E-state index in [0.29, 0.717) is 6.42 Å². The highest BCUT2D eigenvalue weighted by Crippen LogP contribution is 2.28. The molecule has 2 rings (SSSR count). The van der Waals surface area contributed by atoms with Gasteiger partial charge in [0.05, 0.1) is 5.69 Å². The summed E-state index contributed by atoms with van der Waals surface area (Å²) in [7, 11) is 0. The molecule has 25 heavy (non-hydrogen) atoms. The molecule has 2 aromatic rings. The third-order valence-corrected chi connectivity index (χ3v) is 5.15. The summed E-state index contributed by atoms with van der Waals surface area (Å²) >= 11 is 1.67. The van der Waals surface area contributed by atoms with Crippen molar-refractivity contribution in [3.05, 3.63) is 29.6 Å². The number of benzene rings is 1. The van der Waals surface area contributed by atoms with Crippen LogP contribution in [-0.2, 0) is 4.79 Å². The van der Waals surface area contributed by atoms with Crippen molar-refractivity contribution in [2.75, 3.05) is 23.3 Å². The first-order chi connectivity index (χ1) is 12.2. The van der Waals surface area contributed by atoms with Gasteiger partial charge >= 0.3 is 0 Å². The molecule has 0 unspecified atom stereocenters. The van der Waals surface area contributed by atoms with Gasteiger partial charge in [-0.15, -0.1) is 11.3 Å². The van der Waals surface area contributed by atoms with Gasteiger partial charge < -0.3 is 10.2 Å². The van der Waals surface area contributed by atoms with Crippen molar-refractivity contribution in [2.24, 2.45) is 0 Å². The van der Waals surface area contributed by atoms with Crippen LogP contribution in [0.4, 0.5) is 10.8 Å². The summed E-state index contributed by atoms with van der Waals surface area (Å²) in [5.41, 5.74) is 2.92. The van der Waals surface area contributed by atoms with Crippen LogP contribution in [0.3, 0.4) is 0 Å². The van der Waals surface area contributed by atoms with Crippen molar-refractivity contribution >= 4 is 28.1 Å². The van der Waals surface area contributed by atoms with Crippen LogP contribution < -0.4 is 10.2 Å². The average Bonchev–Trinajstić information content (AvgIpc) is 3.10. The van der Waals surface area contributed by atoms with Crippen molar-refractivity contribution in [1.82, 2.24) is 4.98 Å². The number of carbonyl (C=O) groups is 1. The summed E-state index contributed by atoms with van der Waals surface area (Å²) in [5.74, 6) is 0.0985. The number of amides is 1. The van der Waals surface area contributed by atoms with Gasteiger partial charge in [0, 0.05) is 36.1 Å². The molecule has 4 nitrogen and oxygen atoms in total. The monoisotopic (exact) mass is 359 g/mol. The van der Waals surface area contributed by atoms with E-state index < -0.39 is 0 Å². The Morgan fingerprint density at radius 3 is 2.44 bits per heavy atom. The number of unbranched alkanes of at least 4 members (excludes halogenated alkanes) is 3. The van der Waals surface area contributed by atoms with Crippen molar-refractivity contribution in [2.45, 2.75) is 52.9 Å². The Morgan fingerprint density at radius 2 is 1.80 bits per heavy atom. The highest BCUT2D eigenvalue weighted by atomic mass is 32.1. The average molecular weight is 360 g/mol. The van der Waals surface area contributed by atoms with E-state index in [0.717, 1.165) is 48.0 Å². The van der Waals surface area contributed by atoms with Crippen LogP contribution in [0.5, 0.6) is 0 Å². The molecular weight excluding hydrogens is 330 g/mol. The highest BCUT2D eigenvalue weighted by molar-refractivity contribution is 7.14. The lowest BCUT2D eigenvalue weighted by molar-refractivity contribution is -0.116. The lowest BCUT2D eigenvalue weighted by Crippen LogP contribution is -2.21. The molecular formula is C20H29N3OS. The Hall–Kier alpha value is -1.88. The van der Waals surface area contributed by atoms with Crippen molar-refractivity contribution in [3.63, 3.8) is 0 Å². The SMILES string of the molecule is CCCCCCC(=O)Nc1ccc(-c2csc(N(CC)CC)n2)cc1. The van der Waals surface area contributed by atoms with Crippen LogP contribution in [0.25, 0.3) is 11.3 Å². The summed E-state index contributed by atoms with van der Waals surface area (Å²) in [4.78, 5) is 18.9. The first-order valence-corrected chi connectivity index (χ1v) is 10.2. The normalized spacial score (nSPS) is 10.7. The van der Waals surface area contributed by atoms with Crippen molar-refractivity contribution in [1.29, 1.82) is 0 Å². The van der Waals surface area contributed by atoms with Gasteiger partial charge in [-0.25, -0.2) is 4.98 Å². The second-order valence-electron chi connectivity index (χ2n) is 6.12. The zero-order valence-electron chi connectivity index (χ0n) is 15.5. The molecule has 1 N–H and O–H groups in total. The molecule has 1 aromatic carbocycles. The molecule has 0 aliphatic carbocycles. The number of nitrogens with zero attached hydrogens (tertiary/aromatic N) is 2. The summed E-state index contributed by atoms with van der Waals surface area (Å²) in [6.45, 7) is 8.39. The minimum atomic E-state index is 0.0985. The molecule has 136 valence electrons. The number of thiazole rings is 1. The fourth-order valence-corrected chi connectivity index (χ4v) is 3.66. The Kier molecular flexibility index (Phi) is 7.92. The van der Waals surface area contributed by atoms with Gasteiger partial charge in [-0.2, -0.15) is 0 Å². The quantitative estimate of drug-likeness (QED) is 0.564. The number of aromatic nitrogens is 1. The minimum absolute atomic E-state index is 0.0985. The van der Waals surface area contributed by atoms with Crippen molar-refractivity contribution < 1.29 is 4.79 Å². The Bertz CT molecular complexity index is 647. The zero-order chi connectivity index (χ0) is 18.1. The molecule has 1 aromatic heterocycles. The third-order valence-electron chi connectivity index (χ3n) is 4.25. The smallest absolute Gasteiger partial charge is 0.224 e. The van der Waals surface area contributed by atoms with Crippen LogP contribution in [0.2, 0.25) is 0 Å². The lowest BCUT2D eigenvalue weighted by Gasteiger charge is -2.16. The predicted octanol–water partition coefficient (Wildman–Crippen LogP) is 5.57. The van der Waals surface area contributed by atoms with E-state index in [1.807, 2.05) is 24.3 Å². The Balaban J connectivity index is 1.92. The fraction of sp³-hybridized carbons (Fsp3) is 0.500. The minimum Gasteiger partial charge on any atom is -0.349 e. The molecule has 1 heterocycles. The van der Waals surface area contributed by atoms with E-state index >= 15 is 0 Å². The highest BCUT2D eigenvalue weighted by Gasteiger charge is 2.09. The van der Waals surface area contributed by atoms with Gasteiger partial charge in [-0.1, -0.05) is 38.3 Å². The molecule has 0 spiro atoms. The largest absolute Gasteiger partial charge is 0.349 e. The van der Waals surface area contributed by atoms with E-state index in [2.05, 4.69) is 36.4 Å². The lowest BCUT2D eigenvalue weighted by atomic mass is 10.1. The second-order valence-corrected chi connectivity index (χ2v) is 6.96. The van der Waals surface area contributed by atoms with E-state index in [9.17, 15) is 4.79 Å². The molecule has 0 bridgehead atoms. The first-order valence-electron chi connectivity index (χ1n) is 9.28. The molecule has 0 aliphatic heterocycles. The Morgan fingerprint density at radius 1 is 1.08 bits per heavy atom. The van der Waals surface area contributed by atoms with Crippen LogP contribution in [0.1, 0.15) is 52.9 Å². The van der Waals surface area contributed by atoms with Gasteiger partial charge in [0.2, 0.25) is 5.91 Å². The first kappa shape index (κ1) is 19.4. The fourth-order valence-electron chi connectivity index (χ4n) is 2.70. The maximum Gasteiger partial charge on any atom is 0.224 e. The maximum atomic E-state index is 11.9. The van der Waals surface area contributed by atoms with Crippen LogP contribution >= 0.6 is 11.3 Å². The van der Waals surface area contributed by atoms with Gasteiger partial charge in [-0.3, -0.25) is 4.79 Å². The van der Waals surface area contributed by atoms with Gasteiger partial charge in [0.15, 0.2) is 5.13 Å². The predicted molar refractivity (Wildman–Crippen MR) is 108 cm³/mol. The van der Waals surface area contributed by atoms with Gasteiger partial charge in [-0.05, 0) is 32.4 Å². The third kappa shape index (κ3) is 5.85. The molecule has 0 saturated heterocycles. The number of hydrogen-bond acceptors (Lipinski definition) is 4. The number of nitrogens with one attached hydrogen (secondary N) is 1. The summed E-state index contributed by atoms with van der Waals surface area (Å²) in [6.07, 6.45) is 5.08. The van der Waals surface area contributed by atoms with Crippen LogP contribution in [0.15, 0.2) is 29.6 Å². The van der Waals surface area contributed by atoms with Crippen LogP contribution in [0, 0.1) is 0 Å². The van der Waals surface area contributed by atoms with Crippen LogP contribution in [-0.4, -0.2) is 24.0 Å². The Labute approximate surface area is 155 Å². The topological polar surface area (TPSA) is 45.2 Å². The van der Waals surface area contributed by atoms with E-state index in [1.165, 1.54) is 12.8 Å². The molecule has 0 atom stereocenters. The molecule has 0 aliphatic rings. The summed E-state index contributed by atoms with van der Waals surface area (Å²) in [5, 5.41) is 6.13. The number of carbonyl (C=O) groups excluding carboxylic acids is 1. The van der Waals surface area contributed by atoms with Gasteiger partial charge in [0.1, 0.15) is 0 Å². The van der Waals surface area contributed by atoms with E-state index in [4.69, 9.17) is 4.98 Å². The molecule has 5 heteroatoms. The van der Waals surface area contributed by atoms with E-state index in [1.54, 1.807) is 11.3 Å². The molecule has 0 saturated carbocycles.